The molecule has 8 nitrogen and oxygen atoms in total. The second kappa shape index (κ2) is 8.17. The van der Waals surface area contributed by atoms with E-state index in [0.29, 0.717) is 36.0 Å². The van der Waals surface area contributed by atoms with E-state index >= 15 is 0 Å². The highest BCUT2D eigenvalue weighted by Gasteiger charge is 2.44. The average Bonchev–Trinajstić information content (AvgIpc) is 3.46. The van der Waals surface area contributed by atoms with Gasteiger partial charge < -0.3 is 21.5 Å². The number of rotatable bonds is 6. The molecule has 1 unspecified atom stereocenters. The third-order valence-electron chi connectivity index (χ3n) is 7.20. The van der Waals surface area contributed by atoms with Crippen molar-refractivity contribution < 1.29 is 14.3 Å². The number of carbonyl (C=O) groups excluding carboxylic acids is 2. The van der Waals surface area contributed by atoms with Crippen LogP contribution in [0.5, 0.6) is 5.75 Å². The summed E-state index contributed by atoms with van der Waals surface area (Å²) in [5.41, 5.74) is 15.5. The Labute approximate surface area is 192 Å². The number of benzene rings is 1. The van der Waals surface area contributed by atoms with Crippen LogP contribution in [0.4, 0.5) is 11.4 Å². The number of ether oxygens (including phenoxy) is 1. The summed E-state index contributed by atoms with van der Waals surface area (Å²) in [7, 11) is 0. The molecule has 0 bridgehead atoms. The van der Waals surface area contributed by atoms with Gasteiger partial charge in [0, 0.05) is 35.9 Å². The van der Waals surface area contributed by atoms with E-state index in [-0.39, 0.29) is 12.0 Å². The van der Waals surface area contributed by atoms with Crippen LogP contribution in [0.2, 0.25) is 0 Å². The number of aromatic nitrogens is 1. The average molecular weight is 448 g/mol. The largest absolute Gasteiger partial charge is 0.493 e. The van der Waals surface area contributed by atoms with Crippen molar-refractivity contribution in [3.63, 3.8) is 0 Å². The summed E-state index contributed by atoms with van der Waals surface area (Å²) in [6, 6.07) is 5.79. The summed E-state index contributed by atoms with van der Waals surface area (Å²) in [6.07, 6.45) is 7.64. The van der Waals surface area contributed by atoms with Crippen LogP contribution in [0.15, 0.2) is 29.4 Å². The molecule has 5 rings (SSSR count). The van der Waals surface area contributed by atoms with E-state index < -0.39 is 17.4 Å². The number of fused-ring (bicyclic) bond motifs is 2. The zero-order valence-electron chi connectivity index (χ0n) is 18.8. The Kier molecular flexibility index (Phi) is 5.31. The number of primary amides is 2. The van der Waals surface area contributed by atoms with Crippen LogP contribution in [-0.2, 0) is 17.6 Å². The van der Waals surface area contributed by atoms with Crippen molar-refractivity contribution in [3.8, 4) is 5.75 Å². The molecule has 0 saturated heterocycles. The van der Waals surface area contributed by atoms with E-state index in [0.717, 1.165) is 41.8 Å². The van der Waals surface area contributed by atoms with Gasteiger partial charge in [-0.05, 0) is 31.4 Å². The maximum absolute atomic E-state index is 12.8. The molecule has 2 aliphatic heterocycles. The van der Waals surface area contributed by atoms with Crippen molar-refractivity contribution >= 4 is 28.9 Å². The van der Waals surface area contributed by atoms with E-state index in [2.05, 4.69) is 10.3 Å². The molecule has 1 aromatic heterocycles. The fourth-order valence-electron chi connectivity index (χ4n) is 5.60. The highest BCUT2D eigenvalue weighted by molar-refractivity contribution is 6.07. The molecule has 0 spiro atoms. The van der Waals surface area contributed by atoms with Crippen LogP contribution in [0, 0.1) is 5.92 Å². The summed E-state index contributed by atoms with van der Waals surface area (Å²) < 4.78 is 5.70. The molecule has 5 N–H and O–H groups in total. The van der Waals surface area contributed by atoms with Crippen molar-refractivity contribution in [2.75, 3.05) is 11.9 Å². The second-order valence-corrected chi connectivity index (χ2v) is 9.37. The van der Waals surface area contributed by atoms with Gasteiger partial charge in [0.15, 0.2) is 0 Å². The van der Waals surface area contributed by atoms with Crippen molar-refractivity contribution in [1.82, 2.24) is 4.98 Å². The van der Waals surface area contributed by atoms with Gasteiger partial charge in [-0.15, -0.1) is 0 Å². The third-order valence-corrected chi connectivity index (χ3v) is 7.20. The molecule has 2 aromatic rings. The van der Waals surface area contributed by atoms with Gasteiger partial charge in [-0.25, -0.2) is 0 Å². The zero-order valence-corrected chi connectivity index (χ0v) is 18.8. The van der Waals surface area contributed by atoms with Gasteiger partial charge in [0.05, 0.1) is 29.3 Å². The number of carbonyl (C=O) groups is 2. The van der Waals surface area contributed by atoms with E-state index in [1.54, 1.807) is 0 Å². The molecular weight excluding hydrogens is 418 g/mol. The Hall–Kier alpha value is -3.42. The number of anilines is 2. The fourth-order valence-corrected chi connectivity index (χ4v) is 5.60. The third kappa shape index (κ3) is 3.73. The zero-order chi connectivity index (χ0) is 23.2. The predicted octanol–water partition coefficient (Wildman–Crippen LogP) is 3.03. The standard InChI is InChI=1S/C25H29N5O3/c1-14-21-17(12-25(30-14,24(27)32)11-15-5-2-3-6-15)22(18(13-28-21)23(26)31)29-19-7-4-8-20-16(19)9-10-33-20/h4,7-8,13,15H,2-3,5-6,9-12H2,1H3,(H2,26,31)(H2,27,32)(H,28,29). The Morgan fingerprint density at radius 1 is 1.21 bits per heavy atom. The number of nitrogens with zero attached hydrogens (tertiary/aromatic N) is 2. The number of amides is 2. The summed E-state index contributed by atoms with van der Waals surface area (Å²) in [4.78, 5) is 34.5. The number of pyridine rings is 1. The normalized spacial score (nSPS) is 21.7. The Morgan fingerprint density at radius 2 is 2.00 bits per heavy atom. The fraction of sp³-hybridized carbons (Fsp3) is 0.440. The lowest BCUT2D eigenvalue weighted by Crippen LogP contribution is -2.48. The first kappa shape index (κ1) is 21.4. The van der Waals surface area contributed by atoms with Crippen molar-refractivity contribution in [3.05, 3.63) is 46.8 Å². The van der Waals surface area contributed by atoms with E-state index in [1.807, 2.05) is 25.1 Å². The van der Waals surface area contributed by atoms with Gasteiger partial charge in [0.25, 0.3) is 5.91 Å². The topological polar surface area (TPSA) is 133 Å². The van der Waals surface area contributed by atoms with Gasteiger partial charge >= 0.3 is 0 Å². The Morgan fingerprint density at radius 3 is 2.73 bits per heavy atom. The van der Waals surface area contributed by atoms with Crippen LogP contribution >= 0.6 is 0 Å². The monoisotopic (exact) mass is 447 g/mol. The molecule has 2 amide bonds. The van der Waals surface area contributed by atoms with Crippen LogP contribution in [0.1, 0.15) is 66.2 Å². The summed E-state index contributed by atoms with van der Waals surface area (Å²) >= 11 is 0. The number of nitrogens with one attached hydrogen (secondary N) is 1. The highest BCUT2D eigenvalue weighted by Crippen LogP contribution is 2.42. The minimum absolute atomic E-state index is 0.277. The molecule has 3 aliphatic rings. The lowest BCUT2D eigenvalue weighted by molar-refractivity contribution is -0.123. The summed E-state index contributed by atoms with van der Waals surface area (Å²) in [5, 5.41) is 3.45. The van der Waals surface area contributed by atoms with Crippen LogP contribution in [-0.4, -0.2) is 34.7 Å². The molecule has 8 heteroatoms. The maximum atomic E-state index is 12.8. The smallest absolute Gasteiger partial charge is 0.252 e. The minimum atomic E-state index is -1.05. The first-order valence-corrected chi connectivity index (χ1v) is 11.6. The molecule has 1 aliphatic carbocycles. The quantitative estimate of drug-likeness (QED) is 0.626. The van der Waals surface area contributed by atoms with Gasteiger partial charge in [-0.2, -0.15) is 0 Å². The molecular formula is C25H29N5O3. The number of nitrogens with two attached hydrogens (primary N) is 2. The summed E-state index contributed by atoms with van der Waals surface area (Å²) in [5.74, 6) is 0.212. The molecule has 3 heterocycles. The molecule has 33 heavy (non-hydrogen) atoms. The number of hydrogen-bond donors (Lipinski definition) is 3. The lowest BCUT2D eigenvalue weighted by atomic mass is 9.78. The van der Waals surface area contributed by atoms with Crippen LogP contribution in [0.25, 0.3) is 0 Å². The van der Waals surface area contributed by atoms with E-state index in [9.17, 15) is 9.59 Å². The van der Waals surface area contributed by atoms with Gasteiger partial charge in [0.1, 0.15) is 11.3 Å². The summed E-state index contributed by atoms with van der Waals surface area (Å²) in [6.45, 7) is 2.46. The SMILES string of the molecule is CC1=NC(CC2CCCC2)(C(N)=O)Cc2c1ncc(C(N)=O)c2Nc1cccc2c1CCO2. The van der Waals surface area contributed by atoms with E-state index in [4.69, 9.17) is 21.2 Å². The predicted molar refractivity (Wildman–Crippen MR) is 126 cm³/mol. The molecule has 1 saturated carbocycles. The van der Waals surface area contributed by atoms with Crippen molar-refractivity contribution in [2.24, 2.45) is 22.4 Å². The minimum Gasteiger partial charge on any atom is -0.493 e. The number of hydrogen-bond acceptors (Lipinski definition) is 6. The van der Waals surface area contributed by atoms with Gasteiger partial charge in [-0.3, -0.25) is 19.6 Å². The number of aliphatic imine (C=N–C) groups is 1. The molecule has 0 radical (unpaired) electrons. The van der Waals surface area contributed by atoms with Crippen LogP contribution < -0.4 is 21.5 Å². The molecule has 1 aromatic carbocycles. The molecule has 1 fully saturated rings. The van der Waals surface area contributed by atoms with E-state index in [1.165, 1.54) is 19.0 Å². The first-order chi connectivity index (χ1) is 15.9. The second-order valence-electron chi connectivity index (χ2n) is 9.37. The van der Waals surface area contributed by atoms with Gasteiger partial charge in [0.2, 0.25) is 5.91 Å². The first-order valence-electron chi connectivity index (χ1n) is 11.6. The lowest BCUT2D eigenvalue weighted by Gasteiger charge is -2.35. The highest BCUT2D eigenvalue weighted by atomic mass is 16.5. The molecule has 1 atom stereocenters. The maximum Gasteiger partial charge on any atom is 0.252 e. The van der Waals surface area contributed by atoms with Crippen LogP contribution in [0.3, 0.4) is 0 Å². The molecule has 172 valence electrons. The van der Waals surface area contributed by atoms with Crippen molar-refractivity contribution in [1.29, 1.82) is 0 Å². The Balaban J connectivity index is 1.62. The van der Waals surface area contributed by atoms with Crippen molar-refractivity contribution in [2.45, 2.75) is 57.4 Å². The van der Waals surface area contributed by atoms with Gasteiger partial charge in [-0.1, -0.05) is 31.7 Å². The Bertz CT molecular complexity index is 1170.